The number of thiophene rings is 1. The van der Waals surface area contributed by atoms with Crippen molar-refractivity contribution in [3.63, 3.8) is 0 Å². The Balaban J connectivity index is 2.15. The summed E-state index contributed by atoms with van der Waals surface area (Å²) >= 11 is 10.8. The molecule has 2 nitrogen and oxygen atoms in total. The largest absolute Gasteiger partial charge is 0.323 e. The minimum absolute atomic E-state index is 0.296. The molecule has 1 aromatic carbocycles. The summed E-state index contributed by atoms with van der Waals surface area (Å²) in [6, 6.07) is 7.35. The Bertz CT molecular complexity index is 739. The number of rotatable bonds is 4. The van der Waals surface area contributed by atoms with E-state index in [0.717, 1.165) is 17.9 Å². The Morgan fingerprint density at radius 2 is 2.25 bits per heavy atom. The van der Waals surface area contributed by atoms with Crippen molar-refractivity contribution in [2.24, 2.45) is 0 Å². The summed E-state index contributed by atoms with van der Waals surface area (Å²) in [4.78, 5) is 5.74. The van der Waals surface area contributed by atoms with E-state index in [9.17, 15) is 4.39 Å². The summed E-state index contributed by atoms with van der Waals surface area (Å²) in [6.07, 6.45) is 0.668. The van der Waals surface area contributed by atoms with E-state index < -0.39 is 0 Å². The topological polar surface area (TPSA) is 17.8 Å². The molecule has 0 aliphatic rings. The van der Waals surface area contributed by atoms with E-state index in [1.807, 2.05) is 11.4 Å². The zero-order chi connectivity index (χ0) is 14.1. The molecule has 0 unspecified atom stereocenters. The number of fused-ring (bicyclic) bond motifs is 1. The molecular formula is C14H11BrClFN2S. The average Bonchev–Trinajstić information content (AvgIpc) is 3.02. The van der Waals surface area contributed by atoms with Gasteiger partial charge < -0.3 is 4.57 Å². The Morgan fingerprint density at radius 3 is 2.95 bits per heavy atom. The van der Waals surface area contributed by atoms with Gasteiger partial charge in [0.05, 0.1) is 22.1 Å². The summed E-state index contributed by atoms with van der Waals surface area (Å²) < 4.78 is 16.2. The number of imidazole rings is 1. The second-order valence-electron chi connectivity index (χ2n) is 4.39. The second-order valence-corrected chi connectivity index (χ2v) is 6.65. The van der Waals surface area contributed by atoms with Crippen molar-refractivity contribution in [3.8, 4) is 0 Å². The number of aromatic nitrogens is 2. The lowest BCUT2D eigenvalue weighted by Gasteiger charge is -2.07. The van der Waals surface area contributed by atoms with Crippen LogP contribution < -0.4 is 0 Å². The van der Waals surface area contributed by atoms with Crippen LogP contribution in [0.2, 0.25) is 0 Å². The van der Waals surface area contributed by atoms with E-state index in [0.29, 0.717) is 22.3 Å². The van der Waals surface area contributed by atoms with E-state index in [-0.39, 0.29) is 5.82 Å². The van der Waals surface area contributed by atoms with Crippen LogP contribution in [-0.2, 0) is 13.0 Å². The molecule has 0 saturated heterocycles. The van der Waals surface area contributed by atoms with Crippen LogP contribution >= 0.6 is 38.9 Å². The van der Waals surface area contributed by atoms with Gasteiger partial charge in [0.15, 0.2) is 0 Å². The lowest BCUT2D eigenvalue weighted by molar-refractivity contribution is 0.622. The first kappa shape index (κ1) is 14.0. The predicted molar refractivity (Wildman–Crippen MR) is 85.2 cm³/mol. The zero-order valence-electron chi connectivity index (χ0n) is 10.4. The van der Waals surface area contributed by atoms with Crippen molar-refractivity contribution in [1.82, 2.24) is 9.55 Å². The molecule has 0 atom stereocenters. The van der Waals surface area contributed by atoms with Gasteiger partial charge >= 0.3 is 0 Å². The van der Waals surface area contributed by atoms with Gasteiger partial charge in [-0.2, -0.15) is 0 Å². The molecular weight excluding hydrogens is 363 g/mol. The highest BCUT2D eigenvalue weighted by Gasteiger charge is 2.13. The summed E-state index contributed by atoms with van der Waals surface area (Å²) in [6.45, 7) is 0.735. The quantitative estimate of drug-likeness (QED) is 0.599. The Kier molecular flexibility index (Phi) is 4.10. The van der Waals surface area contributed by atoms with E-state index >= 15 is 0 Å². The highest BCUT2D eigenvalue weighted by molar-refractivity contribution is 9.10. The molecule has 0 spiro atoms. The first-order valence-corrected chi connectivity index (χ1v) is 8.32. The third-order valence-electron chi connectivity index (χ3n) is 3.08. The molecule has 3 aromatic rings. The Labute approximate surface area is 133 Å². The van der Waals surface area contributed by atoms with Crippen LogP contribution in [0.1, 0.15) is 10.7 Å². The minimum atomic E-state index is -0.296. The number of aryl methyl sites for hydroxylation is 1. The molecule has 2 aromatic heterocycles. The normalized spacial score (nSPS) is 11.3. The number of benzene rings is 1. The smallest absolute Gasteiger partial charge is 0.139 e. The van der Waals surface area contributed by atoms with Gasteiger partial charge in [-0.15, -0.1) is 22.9 Å². The Hall–Kier alpha value is -0.910. The highest BCUT2D eigenvalue weighted by atomic mass is 79.9. The monoisotopic (exact) mass is 372 g/mol. The van der Waals surface area contributed by atoms with Crippen LogP contribution in [0.3, 0.4) is 0 Å². The summed E-state index contributed by atoms with van der Waals surface area (Å²) in [5.74, 6) is 1.09. The fourth-order valence-corrected chi connectivity index (χ4v) is 3.37. The molecule has 0 radical (unpaired) electrons. The van der Waals surface area contributed by atoms with Crippen molar-refractivity contribution in [2.75, 3.05) is 5.88 Å². The number of nitrogens with zero attached hydrogens (tertiary/aromatic N) is 2. The molecule has 0 bridgehead atoms. The van der Waals surface area contributed by atoms with Crippen LogP contribution in [0.4, 0.5) is 4.39 Å². The number of hydrogen-bond acceptors (Lipinski definition) is 2. The van der Waals surface area contributed by atoms with Gasteiger partial charge in [0.2, 0.25) is 0 Å². The minimum Gasteiger partial charge on any atom is -0.323 e. The molecule has 2 heterocycles. The van der Waals surface area contributed by atoms with Crippen LogP contribution in [0, 0.1) is 5.82 Å². The average molecular weight is 374 g/mol. The first-order valence-electron chi connectivity index (χ1n) is 6.11. The fourth-order valence-electron chi connectivity index (χ4n) is 2.18. The third-order valence-corrected chi connectivity index (χ3v) is 4.74. The molecule has 3 rings (SSSR count). The third kappa shape index (κ3) is 2.62. The number of halogens is 3. The van der Waals surface area contributed by atoms with Gasteiger partial charge in [-0.1, -0.05) is 6.07 Å². The highest BCUT2D eigenvalue weighted by Crippen LogP contribution is 2.26. The number of alkyl halides is 1. The van der Waals surface area contributed by atoms with Gasteiger partial charge in [-0.25, -0.2) is 9.37 Å². The molecule has 0 aliphatic heterocycles. The first-order chi connectivity index (χ1) is 9.69. The van der Waals surface area contributed by atoms with Crippen molar-refractivity contribution in [1.29, 1.82) is 0 Å². The summed E-state index contributed by atoms with van der Waals surface area (Å²) in [5.41, 5.74) is 1.59. The van der Waals surface area contributed by atoms with Gasteiger partial charge in [0.1, 0.15) is 11.6 Å². The van der Waals surface area contributed by atoms with E-state index in [2.05, 4.69) is 31.5 Å². The van der Waals surface area contributed by atoms with Gasteiger partial charge in [0.25, 0.3) is 0 Å². The van der Waals surface area contributed by atoms with Crippen molar-refractivity contribution < 1.29 is 4.39 Å². The van der Waals surface area contributed by atoms with Crippen molar-refractivity contribution in [3.05, 3.63) is 50.6 Å². The van der Waals surface area contributed by atoms with Crippen LogP contribution in [0.15, 0.2) is 34.1 Å². The lowest BCUT2D eigenvalue weighted by Crippen LogP contribution is -2.05. The summed E-state index contributed by atoms with van der Waals surface area (Å²) in [5, 5.41) is 2.05. The standard InChI is InChI=1S/C14H11BrClFN2S/c15-10-6-13-12(7-11(10)17)18-14(3-4-16)19(13)8-9-2-1-5-20-9/h1-2,5-7H,3-4,8H2. The lowest BCUT2D eigenvalue weighted by atomic mass is 10.3. The molecule has 6 heteroatoms. The van der Waals surface area contributed by atoms with Gasteiger partial charge in [-0.3, -0.25) is 0 Å². The van der Waals surface area contributed by atoms with E-state index in [1.54, 1.807) is 17.4 Å². The SMILES string of the molecule is Fc1cc2nc(CCCl)n(Cc3cccs3)c2cc1Br. The summed E-state index contributed by atoms with van der Waals surface area (Å²) in [7, 11) is 0. The molecule has 0 saturated carbocycles. The van der Waals surface area contributed by atoms with Gasteiger partial charge in [-0.05, 0) is 33.4 Å². The van der Waals surface area contributed by atoms with Crippen LogP contribution in [-0.4, -0.2) is 15.4 Å². The molecule has 0 aliphatic carbocycles. The number of hydrogen-bond donors (Lipinski definition) is 0. The predicted octanol–water partition coefficient (Wildman–Crippen LogP) is 4.83. The zero-order valence-corrected chi connectivity index (χ0v) is 13.6. The van der Waals surface area contributed by atoms with Crippen LogP contribution in [0.25, 0.3) is 11.0 Å². The molecule has 104 valence electrons. The second kappa shape index (κ2) is 5.84. The molecule has 0 fully saturated rings. The van der Waals surface area contributed by atoms with Crippen molar-refractivity contribution >= 4 is 49.9 Å². The van der Waals surface area contributed by atoms with E-state index in [1.165, 1.54) is 10.9 Å². The molecule has 0 N–H and O–H groups in total. The van der Waals surface area contributed by atoms with Crippen molar-refractivity contribution in [2.45, 2.75) is 13.0 Å². The molecule has 0 amide bonds. The van der Waals surface area contributed by atoms with E-state index in [4.69, 9.17) is 11.6 Å². The maximum Gasteiger partial charge on any atom is 0.139 e. The Morgan fingerprint density at radius 1 is 1.40 bits per heavy atom. The van der Waals surface area contributed by atoms with Crippen LogP contribution in [0.5, 0.6) is 0 Å². The molecule has 20 heavy (non-hydrogen) atoms. The fraction of sp³-hybridized carbons (Fsp3) is 0.214. The maximum absolute atomic E-state index is 13.6. The maximum atomic E-state index is 13.6. The van der Waals surface area contributed by atoms with Gasteiger partial charge in [0, 0.05) is 23.2 Å².